The fourth-order valence-electron chi connectivity index (χ4n) is 1.25. The molecule has 0 aliphatic carbocycles. The summed E-state index contributed by atoms with van der Waals surface area (Å²) < 4.78 is 6.38. The SMILES string of the molecule is BCC(C)CC1CN(S)C(=O)O1. The molecule has 1 aliphatic rings. The zero-order valence-corrected chi connectivity index (χ0v) is 8.38. The molecule has 0 aromatic rings. The van der Waals surface area contributed by atoms with Crippen LogP contribution in [0.1, 0.15) is 13.3 Å². The lowest BCUT2D eigenvalue weighted by atomic mass is 9.89. The topological polar surface area (TPSA) is 29.5 Å². The molecule has 68 valence electrons. The lowest BCUT2D eigenvalue weighted by Gasteiger charge is -2.12. The zero-order chi connectivity index (χ0) is 9.14. The van der Waals surface area contributed by atoms with Gasteiger partial charge in [0.2, 0.25) is 0 Å². The first kappa shape index (κ1) is 9.77. The molecule has 0 aromatic heterocycles. The summed E-state index contributed by atoms with van der Waals surface area (Å²) in [6.07, 6.45) is 1.80. The van der Waals surface area contributed by atoms with Crippen molar-refractivity contribution < 1.29 is 9.53 Å². The molecular weight excluding hydrogens is 173 g/mol. The van der Waals surface area contributed by atoms with Crippen LogP contribution in [0.15, 0.2) is 0 Å². The molecule has 0 bridgehead atoms. The lowest BCUT2D eigenvalue weighted by Crippen LogP contribution is -2.16. The van der Waals surface area contributed by atoms with Crippen LogP contribution in [-0.2, 0) is 4.74 Å². The molecule has 1 fully saturated rings. The molecule has 0 N–H and O–H groups in total. The maximum absolute atomic E-state index is 10.9. The molecule has 0 saturated carbocycles. The number of ether oxygens (including phenoxy) is 1. The minimum Gasteiger partial charge on any atom is -0.444 e. The molecule has 2 atom stereocenters. The predicted molar refractivity (Wildman–Crippen MR) is 53.1 cm³/mol. The third kappa shape index (κ3) is 2.34. The van der Waals surface area contributed by atoms with Crippen molar-refractivity contribution in [3.05, 3.63) is 0 Å². The van der Waals surface area contributed by atoms with Crippen molar-refractivity contribution in [1.29, 1.82) is 0 Å². The molecule has 1 saturated heterocycles. The highest BCUT2D eigenvalue weighted by Crippen LogP contribution is 2.20. The van der Waals surface area contributed by atoms with Gasteiger partial charge >= 0.3 is 6.09 Å². The van der Waals surface area contributed by atoms with E-state index in [1.54, 1.807) is 0 Å². The van der Waals surface area contributed by atoms with Crippen molar-refractivity contribution in [1.82, 2.24) is 4.31 Å². The molecule has 0 aromatic carbocycles. The van der Waals surface area contributed by atoms with Gasteiger partial charge in [-0.05, 0) is 12.3 Å². The van der Waals surface area contributed by atoms with Crippen LogP contribution in [0.2, 0.25) is 6.32 Å². The molecule has 3 nitrogen and oxygen atoms in total. The van der Waals surface area contributed by atoms with E-state index in [9.17, 15) is 4.79 Å². The van der Waals surface area contributed by atoms with Gasteiger partial charge in [0.15, 0.2) is 0 Å². The van der Waals surface area contributed by atoms with E-state index in [1.165, 1.54) is 4.31 Å². The van der Waals surface area contributed by atoms with Gasteiger partial charge in [0.1, 0.15) is 14.0 Å². The van der Waals surface area contributed by atoms with Crippen LogP contribution in [0, 0.1) is 5.92 Å². The molecule has 1 rings (SSSR count). The minimum absolute atomic E-state index is 0.0462. The fraction of sp³-hybridized carbons (Fsp3) is 0.857. The van der Waals surface area contributed by atoms with Gasteiger partial charge in [-0.25, -0.2) is 4.79 Å². The third-order valence-electron chi connectivity index (χ3n) is 2.22. The zero-order valence-electron chi connectivity index (χ0n) is 7.49. The van der Waals surface area contributed by atoms with Crippen LogP contribution in [0.5, 0.6) is 0 Å². The van der Waals surface area contributed by atoms with Crippen molar-refractivity contribution >= 4 is 26.8 Å². The van der Waals surface area contributed by atoms with Gasteiger partial charge in [0.05, 0.1) is 6.54 Å². The van der Waals surface area contributed by atoms with Gasteiger partial charge in [-0.1, -0.05) is 26.1 Å². The van der Waals surface area contributed by atoms with E-state index < -0.39 is 0 Å². The molecule has 5 heteroatoms. The quantitative estimate of drug-likeness (QED) is 0.521. The monoisotopic (exact) mass is 187 g/mol. The van der Waals surface area contributed by atoms with Crippen molar-refractivity contribution in [2.45, 2.75) is 25.8 Å². The maximum Gasteiger partial charge on any atom is 0.420 e. The number of carbonyl (C=O) groups is 1. The molecule has 1 aliphatic heterocycles. The number of hydrogen-bond donors (Lipinski definition) is 1. The van der Waals surface area contributed by atoms with Crippen molar-refractivity contribution in [3.63, 3.8) is 0 Å². The smallest absolute Gasteiger partial charge is 0.420 e. The highest BCUT2D eigenvalue weighted by atomic mass is 32.1. The number of hydrogen-bond acceptors (Lipinski definition) is 3. The van der Waals surface area contributed by atoms with Crippen LogP contribution in [-0.4, -0.2) is 30.9 Å². The Kier molecular flexibility index (Phi) is 3.32. The number of thiol groups is 1. The van der Waals surface area contributed by atoms with Gasteiger partial charge in [0.25, 0.3) is 0 Å². The Morgan fingerprint density at radius 2 is 2.58 bits per heavy atom. The maximum atomic E-state index is 10.9. The fourth-order valence-corrected chi connectivity index (χ4v) is 1.48. The number of cyclic esters (lactones) is 1. The first-order valence-corrected chi connectivity index (χ1v) is 4.70. The Morgan fingerprint density at radius 1 is 1.92 bits per heavy atom. The highest BCUT2D eigenvalue weighted by Gasteiger charge is 2.29. The second kappa shape index (κ2) is 4.07. The van der Waals surface area contributed by atoms with Crippen LogP contribution >= 0.6 is 12.8 Å². The van der Waals surface area contributed by atoms with Crippen LogP contribution in [0.3, 0.4) is 0 Å². The van der Waals surface area contributed by atoms with E-state index in [0.29, 0.717) is 12.5 Å². The minimum atomic E-state index is -0.313. The molecule has 2 unspecified atom stereocenters. The summed E-state index contributed by atoms with van der Waals surface area (Å²) in [6.45, 7) is 2.78. The van der Waals surface area contributed by atoms with Crippen LogP contribution in [0.25, 0.3) is 0 Å². The molecule has 1 heterocycles. The number of nitrogens with zero attached hydrogens (tertiary/aromatic N) is 1. The second-order valence-electron chi connectivity index (χ2n) is 3.34. The van der Waals surface area contributed by atoms with Gasteiger partial charge in [-0.3, -0.25) is 4.31 Å². The third-order valence-corrected chi connectivity index (χ3v) is 2.54. The Labute approximate surface area is 79.4 Å². The summed E-state index contributed by atoms with van der Waals surface area (Å²) in [6, 6.07) is 0. The Bertz CT molecular complexity index is 179. The average molecular weight is 187 g/mol. The standard InChI is InChI=1S/C7H14BNO2S/c1-5(3-8)2-6-4-9(12)7(10)11-6/h5-6,12H,2-4,8H2,1H3. The summed E-state index contributed by atoms with van der Waals surface area (Å²) in [5.74, 6) is 0.614. The van der Waals surface area contributed by atoms with Crippen molar-refractivity contribution in [2.24, 2.45) is 5.92 Å². The number of amides is 1. The second-order valence-corrected chi connectivity index (χ2v) is 3.82. The van der Waals surface area contributed by atoms with Gasteiger partial charge in [0, 0.05) is 0 Å². The number of rotatable bonds is 3. The summed E-state index contributed by atoms with van der Waals surface area (Å²) >= 11 is 3.96. The Hall–Kier alpha value is -0.315. The molecule has 0 radical (unpaired) electrons. The summed E-state index contributed by atoms with van der Waals surface area (Å²) in [5.41, 5.74) is 0. The summed E-state index contributed by atoms with van der Waals surface area (Å²) in [5, 5.41) is 0. The lowest BCUT2D eigenvalue weighted by molar-refractivity contribution is 0.127. The van der Waals surface area contributed by atoms with Gasteiger partial charge in [-0.15, -0.1) is 0 Å². The Morgan fingerprint density at radius 3 is 3.00 bits per heavy atom. The van der Waals surface area contributed by atoms with Crippen molar-refractivity contribution in [2.75, 3.05) is 6.54 Å². The molecule has 1 amide bonds. The van der Waals surface area contributed by atoms with Gasteiger partial charge < -0.3 is 4.74 Å². The number of carbonyl (C=O) groups excluding carboxylic acids is 1. The van der Waals surface area contributed by atoms with E-state index in [1.807, 2.05) is 0 Å². The van der Waals surface area contributed by atoms with Crippen LogP contribution in [0.4, 0.5) is 4.79 Å². The van der Waals surface area contributed by atoms with Gasteiger partial charge in [-0.2, -0.15) is 0 Å². The van der Waals surface area contributed by atoms with E-state index in [-0.39, 0.29) is 12.2 Å². The van der Waals surface area contributed by atoms with Crippen molar-refractivity contribution in [3.8, 4) is 0 Å². The first-order valence-electron chi connectivity index (χ1n) is 4.30. The summed E-state index contributed by atoms with van der Waals surface area (Å²) in [7, 11) is 2.14. The van der Waals surface area contributed by atoms with Crippen LogP contribution < -0.4 is 0 Å². The molecule has 0 spiro atoms. The van der Waals surface area contributed by atoms with E-state index in [0.717, 1.165) is 12.7 Å². The molecule has 12 heavy (non-hydrogen) atoms. The largest absolute Gasteiger partial charge is 0.444 e. The van der Waals surface area contributed by atoms with E-state index in [4.69, 9.17) is 4.74 Å². The average Bonchev–Trinajstić information content (AvgIpc) is 2.31. The summed E-state index contributed by atoms with van der Waals surface area (Å²) in [4.78, 5) is 10.9. The van der Waals surface area contributed by atoms with E-state index >= 15 is 0 Å². The Balaban J connectivity index is 2.32. The highest BCUT2D eigenvalue weighted by molar-refractivity contribution is 7.78. The molecular formula is C7H14BNO2S. The predicted octanol–water partition coefficient (Wildman–Crippen LogP) is 0.730. The normalized spacial score (nSPS) is 25.7. The van der Waals surface area contributed by atoms with E-state index in [2.05, 4.69) is 27.6 Å². The first-order chi connectivity index (χ1) is 5.63.